The summed E-state index contributed by atoms with van der Waals surface area (Å²) in [6.45, 7) is 3.92. The molecule has 2 heterocycles. The fourth-order valence-electron chi connectivity index (χ4n) is 1.67. The van der Waals surface area contributed by atoms with Crippen molar-refractivity contribution in [3.63, 3.8) is 0 Å². The molecule has 80 valence electrons. The SMILES string of the molecule is Cc1nn(C)cc1-n1cncc1C(C)N. The molecule has 5 heteroatoms. The third-order valence-electron chi connectivity index (χ3n) is 2.38. The van der Waals surface area contributed by atoms with Gasteiger partial charge < -0.3 is 5.73 Å². The van der Waals surface area contributed by atoms with Gasteiger partial charge in [0.15, 0.2) is 0 Å². The minimum atomic E-state index is -0.0351. The fourth-order valence-corrected chi connectivity index (χ4v) is 1.67. The van der Waals surface area contributed by atoms with E-state index in [2.05, 4.69) is 10.1 Å². The van der Waals surface area contributed by atoms with Gasteiger partial charge in [-0.1, -0.05) is 0 Å². The average molecular weight is 205 g/mol. The first-order chi connectivity index (χ1) is 7.09. The molecule has 0 saturated heterocycles. The Morgan fingerprint density at radius 2 is 2.20 bits per heavy atom. The molecule has 0 amide bonds. The van der Waals surface area contributed by atoms with Crippen LogP contribution in [0.15, 0.2) is 18.7 Å². The molecule has 0 aliphatic rings. The van der Waals surface area contributed by atoms with Gasteiger partial charge in [-0.3, -0.25) is 9.25 Å². The Hall–Kier alpha value is -1.62. The van der Waals surface area contributed by atoms with Gasteiger partial charge >= 0.3 is 0 Å². The quantitative estimate of drug-likeness (QED) is 0.793. The molecule has 0 aliphatic carbocycles. The van der Waals surface area contributed by atoms with Crippen molar-refractivity contribution in [2.45, 2.75) is 19.9 Å². The summed E-state index contributed by atoms with van der Waals surface area (Å²) >= 11 is 0. The van der Waals surface area contributed by atoms with Gasteiger partial charge in [0.05, 0.1) is 29.6 Å². The zero-order valence-corrected chi connectivity index (χ0v) is 9.18. The summed E-state index contributed by atoms with van der Waals surface area (Å²) in [4.78, 5) is 4.12. The summed E-state index contributed by atoms with van der Waals surface area (Å²) in [7, 11) is 1.90. The first-order valence-electron chi connectivity index (χ1n) is 4.88. The Bertz CT molecular complexity index is 466. The maximum atomic E-state index is 5.87. The van der Waals surface area contributed by atoms with E-state index in [0.717, 1.165) is 17.1 Å². The number of aryl methyl sites for hydroxylation is 2. The van der Waals surface area contributed by atoms with Crippen LogP contribution < -0.4 is 5.73 Å². The third kappa shape index (κ3) is 1.66. The van der Waals surface area contributed by atoms with Crippen LogP contribution >= 0.6 is 0 Å². The summed E-state index contributed by atoms with van der Waals surface area (Å²) in [5, 5.41) is 4.29. The summed E-state index contributed by atoms with van der Waals surface area (Å²) in [6.07, 6.45) is 5.52. The van der Waals surface area contributed by atoms with Gasteiger partial charge in [0.1, 0.15) is 0 Å². The van der Waals surface area contributed by atoms with Crippen molar-refractivity contribution in [1.82, 2.24) is 19.3 Å². The lowest BCUT2D eigenvalue weighted by atomic mass is 10.2. The molecule has 0 saturated carbocycles. The van der Waals surface area contributed by atoms with E-state index in [-0.39, 0.29) is 6.04 Å². The van der Waals surface area contributed by atoms with Crippen LogP contribution in [-0.2, 0) is 7.05 Å². The minimum absolute atomic E-state index is 0.0351. The van der Waals surface area contributed by atoms with E-state index in [0.29, 0.717) is 0 Å². The van der Waals surface area contributed by atoms with Crippen molar-refractivity contribution in [3.8, 4) is 5.69 Å². The van der Waals surface area contributed by atoms with E-state index in [1.807, 2.05) is 31.7 Å². The number of hydrogen-bond donors (Lipinski definition) is 1. The zero-order valence-electron chi connectivity index (χ0n) is 9.18. The minimum Gasteiger partial charge on any atom is -0.323 e. The summed E-state index contributed by atoms with van der Waals surface area (Å²) in [5.74, 6) is 0. The molecule has 0 bridgehead atoms. The van der Waals surface area contributed by atoms with E-state index >= 15 is 0 Å². The number of nitrogens with zero attached hydrogens (tertiary/aromatic N) is 4. The Morgan fingerprint density at radius 3 is 2.73 bits per heavy atom. The van der Waals surface area contributed by atoms with Gasteiger partial charge in [-0.05, 0) is 13.8 Å². The van der Waals surface area contributed by atoms with Gasteiger partial charge in [0, 0.05) is 19.3 Å². The molecule has 1 atom stereocenters. The third-order valence-corrected chi connectivity index (χ3v) is 2.38. The lowest BCUT2D eigenvalue weighted by Crippen LogP contribution is -2.10. The molecule has 2 N–H and O–H groups in total. The highest BCUT2D eigenvalue weighted by Gasteiger charge is 2.11. The van der Waals surface area contributed by atoms with Crippen molar-refractivity contribution < 1.29 is 0 Å². The highest BCUT2D eigenvalue weighted by atomic mass is 15.3. The Labute approximate surface area is 88.5 Å². The molecular weight excluding hydrogens is 190 g/mol. The van der Waals surface area contributed by atoms with Crippen LogP contribution in [0.5, 0.6) is 0 Å². The molecule has 15 heavy (non-hydrogen) atoms. The van der Waals surface area contributed by atoms with E-state index in [1.165, 1.54) is 0 Å². The number of rotatable bonds is 2. The highest BCUT2D eigenvalue weighted by Crippen LogP contribution is 2.17. The second kappa shape index (κ2) is 3.51. The summed E-state index contributed by atoms with van der Waals surface area (Å²) < 4.78 is 3.77. The van der Waals surface area contributed by atoms with Crippen molar-refractivity contribution in [1.29, 1.82) is 0 Å². The second-order valence-corrected chi connectivity index (χ2v) is 3.75. The maximum absolute atomic E-state index is 5.87. The normalized spacial score (nSPS) is 13.1. The Balaban J connectivity index is 2.54. The van der Waals surface area contributed by atoms with Crippen molar-refractivity contribution in [3.05, 3.63) is 30.1 Å². The van der Waals surface area contributed by atoms with Gasteiger partial charge in [-0.25, -0.2) is 4.98 Å². The number of nitrogens with two attached hydrogens (primary N) is 1. The molecule has 0 aromatic carbocycles. The molecule has 0 radical (unpaired) electrons. The summed E-state index contributed by atoms with van der Waals surface area (Å²) in [6, 6.07) is -0.0351. The van der Waals surface area contributed by atoms with Crippen LogP contribution in [0.2, 0.25) is 0 Å². The predicted octanol–water partition coefficient (Wildman–Crippen LogP) is 0.934. The van der Waals surface area contributed by atoms with Crippen LogP contribution in [0.3, 0.4) is 0 Å². The molecule has 1 unspecified atom stereocenters. The van der Waals surface area contributed by atoms with Gasteiger partial charge in [-0.15, -0.1) is 0 Å². The molecule has 0 spiro atoms. The maximum Gasteiger partial charge on any atom is 0.0995 e. The smallest absolute Gasteiger partial charge is 0.0995 e. The van der Waals surface area contributed by atoms with Gasteiger partial charge in [0.2, 0.25) is 0 Å². The Morgan fingerprint density at radius 1 is 1.47 bits per heavy atom. The molecule has 0 aliphatic heterocycles. The molecule has 5 nitrogen and oxygen atoms in total. The first-order valence-corrected chi connectivity index (χ1v) is 4.88. The van der Waals surface area contributed by atoms with E-state index in [4.69, 9.17) is 5.73 Å². The highest BCUT2D eigenvalue weighted by molar-refractivity contribution is 5.36. The van der Waals surface area contributed by atoms with Crippen molar-refractivity contribution >= 4 is 0 Å². The van der Waals surface area contributed by atoms with E-state index in [1.54, 1.807) is 17.2 Å². The van der Waals surface area contributed by atoms with Crippen LogP contribution in [0.25, 0.3) is 5.69 Å². The lowest BCUT2D eigenvalue weighted by molar-refractivity contribution is 0.749. The van der Waals surface area contributed by atoms with Crippen LogP contribution in [0, 0.1) is 6.92 Å². The lowest BCUT2D eigenvalue weighted by Gasteiger charge is -2.08. The van der Waals surface area contributed by atoms with Crippen LogP contribution in [-0.4, -0.2) is 19.3 Å². The molecule has 0 fully saturated rings. The Kier molecular flexibility index (Phi) is 2.32. The van der Waals surface area contributed by atoms with Crippen molar-refractivity contribution in [2.24, 2.45) is 12.8 Å². The monoisotopic (exact) mass is 205 g/mol. The van der Waals surface area contributed by atoms with Crippen LogP contribution in [0.4, 0.5) is 0 Å². The summed E-state index contributed by atoms with van der Waals surface area (Å²) in [5.41, 5.74) is 8.86. The average Bonchev–Trinajstić information content (AvgIpc) is 2.71. The standard InChI is InChI=1S/C10H15N5/c1-7(11)9-4-12-6-15(9)10-5-14(3)13-8(10)2/h4-7H,11H2,1-3H3. The topological polar surface area (TPSA) is 61.7 Å². The second-order valence-electron chi connectivity index (χ2n) is 3.75. The fraction of sp³-hybridized carbons (Fsp3) is 0.400. The molecule has 2 aromatic rings. The van der Waals surface area contributed by atoms with E-state index < -0.39 is 0 Å². The largest absolute Gasteiger partial charge is 0.323 e. The number of aromatic nitrogens is 4. The van der Waals surface area contributed by atoms with Crippen LogP contribution in [0.1, 0.15) is 24.4 Å². The number of hydrogen-bond acceptors (Lipinski definition) is 3. The molecular formula is C10H15N5. The first kappa shape index (κ1) is 9.92. The zero-order chi connectivity index (χ0) is 11.0. The van der Waals surface area contributed by atoms with E-state index in [9.17, 15) is 0 Å². The van der Waals surface area contributed by atoms with Gasteiger partial charge in [0.25, 0.3) is 0 Å². The predicted molar refractivity (Wildman–Crippen MR) is 57.7 cm³/mol. The number of imidazole rings is 1. The molecule has 2 rings (SSSR count). The molecule has 2 aromatic heterocycles. The van der Waals surface area contributed by atoms with Crippen molar-refractivity contribution in [2.75, 3.05) is 0 Å². The van der Waals surface area contributed by atoms with Gasteiger partial charge in [-0.2, -0.15) is 5.10 Å².